The zero-order chi connectivity index (χ0) is 13.2. The van der Waals surface area contributed by atoms with Gasteiger partial charge in [-0.3, -0.25) is 0 Å². The molecule has 2 aliphatic carbocycles. The second kappa shape index (κ2) is 5.59. The first-order chi connectivity index (χ1) is 8.56. The van der Waals surface area contributed by atoms with Crippen LogP contribution in [0.15, 0.2) is 0 Å². The Labute approximate surface area is 112 Å². The highest BCUT2D eigenvalue weighted by Crippen LogP contribution is 2.48. The summed E-state index contributed by atoms with van der Waals surface area (Å²) in [5.74, 6) is 2.97. The largest absolute Gasteiger partial charge is 0.306 e. The molecule has 4 atom stereocenters. The fraction of sp³-hybridized carbons (Fsp3) is 0.933. The lowest BCUT2D eigenvalue weighted by Crippen LogP contribution is -2.42. The van der Waals surface area contributed by atoms with Crippen molar-refractivity contribution < 1.29 is 0 Å². The molecule has 3 heteroatoms. The molecule has 2 saturated carbocycles. The van der Waals surface area contributed by atoms with E-state index in [9.17, 15) is 0 Å². The van der Waals surface area contributed by atoms with Gasteiger partial charge in [-0.15, -0.1) is 0 Å². The van der Waals surface area contributed by atoms with E-state index < -0.39 is 0 Å². The Balaban J connectivity index is 1.73. The van der Waals surface area contributed by atoms with E-state index in [0.29, 0.717) is 0 Å². The number of nitriles is 1. The van der Waals surface area contributed by atoms with E-state index in [4.69, 9.17) is 5.26 Å². The first-order valence-electron chi connectivity index (χ1n) is 7.35. The van der Waals surface area contributed by atoms with E-state index in [-0.39, 0.29) is 5.54 Å². The Morgan fingerprint density at radius 2 is 2.17 bits per heavy atom. The summed E-state index contributed by atoms with van der Waals surface area (Å²) in [6.45, 7) is 4.23. The highest BCUT2D eigenvalue weighted by Gasteiger charge is 2.39. The third-order valence-electron chi connectivity index (χ3n) is 5.22. The molecule has 0 heterocycles. The molecule has 1 N–H and O–H groups in total. The smallest absolute Gasteiger partial charge is 0.104 e. The fourth-order valence-electron chi connectivity index (χ4n) is 3.74. The summed E-state index contributed by atoms with van der Waals surface area (Å²) in [5, 5.41) is 12.3. The molecule has 0 aromatic heterocycles. The van der Waals surface area contributed by atoms with Crippen molar-refractivity contribution in [2.24, 2.45) is 17.8 Å². The summed E-state index contributed by atoms with van der Waals surface area (Å²) in [6, 6.07) is 2.37. The maximum absolute atomic E-state index is 9.14. The van der Waals surface area contributed by atoms with Crippen LogP contribution in [0.25, 0.3) is 0 Å². The lowest BCUT2D eigenvalue weighted by atomic mass is 9.88. The van der Waals surface area contributed by atoms with Gasteiger partial charge >= 0.3 is 0 Å². The number of nitrogens with zero attached hydrogens (tertiary/aromatic N) is 2. The minimum absolute atomic E-state index is 0.372. The van der Waals surface area contributed by atoms with Gasteiger partial charge in [-0.05, 0) is 64.5 Å². The molecular weight excluding hydrogens is 222 g/mol. The lowest BCUT2D eigenvalue weighted by Gasteiger charge is -2.29. The van der Waals surface area contributed by atoms with Gasteiger partial charge in [0.2, 0.25) is 0 Å². The third kappa shape index (κ3) is 3.05. The van der Waals surface area contributed by atoms with Crippen LogP contribution in [0.1, 0.15) is 39.0 Å². The molecule has 2 rings (SSSR count). The predicted octanol–water partition coefficient (Wildman–Crippen LogP) is 2.25. The first kappa shape index (κ1) is 13.8. The van der Waals surface area contributed by atoms with Crippen molar-refractivity contribution in [3.8, 4) is 6.07 Å². The monoisotopic (exact) mass is 249 g/mol. The van der Waals surface area contributed by atoms with Crippen LogP contribution < -0.4 is 5.32 Å². The summed E-state index contributed by atoms with van der Waals surface area (Å²) < 4.78 is 0. The maximum Gasteiger partial charge on any atom is 0.104 e. The molecule has 2 aliphatic rings. The van der Waals surface area contributed by atoms with Crippen LogP contribution in [0.4, 0.5) is 0 Å². The molecule has 0 saturated heterocycles. The maximum atomic E-state index is 9.14. The van der Waals surface area contributed by atoms with Gasteiger partial charge in [0.25, 0.3) is 0 Å². The lowest BCUT2D eigenvalue weighted by molar-refractivity contribution is 0.208. The minimum Gasteiger partial charge on any atom is -0.306 e. The van der Waals surface area contributed by atoms with Crippen LogP contribution in [0.2, 0.25) is 0 Å². The van der Waals surface area contributed by atoms with Crippen molar-refractivity contribution in [2.45, 2.75) is 44.6 Å². The van der Waals surface area contributed by atoms with Gasteiger partial charge in [0.1, 0.15) is 5.54 Å². The van der Waals surface area contributed by atoms with Crippen LogP contribution >= 0.6 is 0 Å². The average Bonchev–Trinajstić information content (AvgIpc) is 2.98. The van der Waals surface area contributed by atoms with Crippen molar-refractivity contribution >= 4 is 0 Å². The van der Waals surface area contributed by atoms with Crippen molar-refractivity contribution in [3.05, 3.63) is 0 Å². The highest BCUT2D eigenvalue weighted by molar-refractivity contribution is 5.03. The van der Waals surface area contributed by atoms with Crippen LogP contribution in [0.3, 0.4) is 0 Å². The molecule has 0 aliphatic heterocycles. The first-order valence-corrected chi connectivity index (χ1v) is 7.35. The summed E-state index contributed by atoms with van der Waals surface area (Å²) in [7, 11) is 4.08. The summed E-state index contributed by atoms with van der Waals surface area (Å²) in [6.07, 6.45) is 6.80. The quantitative estimate of drug-likeness (QED) is 0.784. The van der Waals surface area contributed by atoms with Gasteiger partial charge in [0, 0.05) is 13.1 Å². The molecule has 2 bridgehead atoms. The van der Waals surface area contributed by atoms with E-state index in [1.165, 1.54) is 32.2 Å². The zero-order valence-electron chi connectivity index (χ0n) is 12.1. The van der Waals surface area contributed by atoms with Gasteiger partial charge in [-0.25, -0.2) is 0 Å². The standard InChI is InChI=1S/C15H27N3/c1-15(11-16,17-2)6-7-18(3)10-14-9-12-4-5-13(14)8-12/h12-14,17H,4-10H2,1-3H3. The zero-order valence-corrected chi connectivity index (χ0v) is 12.1. The topological polar surface area (TPSA) is 39.1 Å². The molecule has 0 spiro atoms. The van der Waals surface area contributed by atoms with Gasteiger partial charge < -0.3 is 10.2 Å². The highest BCUT2D eigenvalue weighted by atomic mass is 15.1. The van der Waals surface area contributed by atoms with Crippen LogP contribution in [0.5, 0.6) is 0 Å². The Morgan fingerprint density at radius 1 is 1.39 bits per heavy atom. The Hall–Kier alpha value is -0.590. The van der Waals surface area contributed by atoms with Crippen LogP contribution in [-0.4, -0.2) is 37.6 Å². The number of rotatable bonds is 6. The molecule has 0 aromatic carbocycles. The van der Waals surface area contributed by atoms with E-state index in [2.05, 4.69) is 23.3 Å². The van der Waals surface area contributed by atoms with E-state index in [1.807, 2.05) is 14.0 Å². The van der Waals surface area contributed by atoms with Crippen molar-refractivity contribution in [1.29, 1.82) is 5.26 Å². The molecule has 3 nitrogen and oxygen atoms in total. The van der Waals surface area contributed by atoms with E-state index >= 15 is 0 Å². The number of nitrogens with one attached hydrogen (secondary N) is 1. The van der Waals surface area contributed by atoms with Crippen molar-refractivity contribution in [2.75, 3.05) is 27.2 Å². The second-order valence-corrected chi connectivity index (χ2v) is 6.64. The van der Waals surface area contributed by atoms with Crippen molar-refractivity contribution in [3.63, 3.8) is 0 Å². The Morgan fingerprint density at radius 3 is 2.67 bits per heavy atom. The van der Waals surface area contributed by atoms with Crippen LogP contribution in [0, 0.1) is 29.1 Å². The Bertz CT molecular complexity index is 322. The second-order valence-electron chi connectivity index (χ2n) is 6.64. The normalized spacial score (nSPS) is 33.6. The minimum atomic E-state index is -0.372. The molecule has 0 amide bonds. The molecule has 0 aromatic rings. The van der Waals surface area contributed by atoms with Crippen LogP contribution in [-0.2, 0) is 0 Å². The van der Waals surface area contributed by atoms with Gasteiger partial charge in [-0.2, -0.15) is 5.26 Å². The fourth-order valence-corrected chi connectivity index (χ4v) is 3.74. The van der Waals surface area contributed by atoms with Gasteiger partial charge in [0.15, 0.2) is 0 Å². The average molecular weight is 249 g/mol. The SMILES string of the molecule is CNC(C)(C#N)CCN(C)CC1CC2CCC1C2. The molecule has 4 unspecified atom stereocenters. The van der Waals surface area contributed by atoms with Gasteiger partial charge in [0.05, 0.1) is 6.07 Å². The number of fused-ring (bicyclic) bond motifs is 2. The number of hydrogen-bond acceptors (Lipinski definition) is 3. The molecule has 0 radical (unpaired) electrons. The summed E-state index contributed by atoms with van der Waals surface area (Å²) >= 11 is 0. The summed E-state index contributed by atoms with van der Waals surface area (Å²) in [5.41, 5.74) is -0.372. The van der Waals surface area contributed by atoms with E-state index in [0.717, 1.165) is 30.7 Å². The molecular formula is C15H27N3. The molecule has 18 heavy (non-hydrogen) atoms. The third-order valence-corrected chi connectivity index (χ3v) is 5.22. The van der Waals surface area contributed by atoms with Gasteiger partial charge in [-0.1, -0.05) is 6.42 Å². The number of hydrogen-bond donors (Lipinski definition) is 1. The van der Waals surface area contributed by atoms with E-state index in [1.54, 1.807) is 0 Å². The summed E-state index contributed by atoms with van der Waals surface area (Å²) in [4.78, 5) is 2.43. The Kier molecular flexibility index (Phi) is 4.29. The molecule has 102 valence electrons. The molecule has 2 fully saturated rings. The van der Waals surface area contributed by atoms with Crippen molar-refractivity contribution in [1.82, 2.24) is 10.2 Å². The predicted molar refractivity (Wildman–Crippen MR) is 74.1 cm³/mol.